The summed E-state index contributed by atoms with van der Waals surface area (Å²) in [6.45, 7) is 1.34. The highest BCUT2D eigenvalue weighted by atomic mass is 79.9. The van der Waals surface area contributed by atoms with E-state index in [2.05, 4.69) is 20.7 Å². The number of phenols is 1. The van der Waals surface area contributed by atoms with Crippen LogP contribution in [-0.2, 0) is 10.0 Å². The largest absolute Gasteiger partial charge is 0.506 e. The molecule has 0 saturated carbocycles. The molecule has 0 fully saturated rings. The minimum atomic E-state index is -4.13. The van der Waals surface area contributed by atoms with Crippen molar-refractivity contribution < 1.29 is 23.1 Å². The van der Waals surface area contributed by atoms with E-state index in [1.54, 1.807) is 0 Å². The third kappa shape index (κ3) is 3.82. The number of carbonyl (C=O) groups excluding carboxylic acids is 1. The summed E-state index contributed by atoms with van der Waals surface area (Å²) in [5.41, 5.74) is 0.130. The van der Waals surface area contributed by atoms with E-state index in [0.717, 1.165) is 0 Å². The number of sulfonamides is 1. The van der Waals surface area contributed by atoms with E-state index in [1.165, 1.54) is 44.4 Å². The first-order chi connectivity index (χ1) is 11.2. The van der Waals surface area contributed by atoms with E-state index in [-0.39, 0.29) is 38.5 Å². The quantitative estimate of drug-likeness (QED) is 0.551. The number of carbonyl (C=O) groups is 1. The number of methoxy groups -OCH3 is 1. The van der Waals surface area contributed by atoms with Gasteiger partial charge in [0, 0.05) is 10.6 Å². The molecular weight excluding hydrogens is 422 g/mol. The first kappa shape index (κ1) is 18.6. The lowest BCUT2D eigenvalue weighted by Gasteiger charge is -2.14. The van der Waals surface area contributed by atoms with Crippen LogP contribution >= 0.6 is 27.5 Å². The number of ether oxygens (including phenoxy) is 1. The SMILES string of the molecule is COc1c(Br)cc(Cl)cc1S(=O)(=O)Nc1cc(C(C)=O)ccc1O. The first-order valence-electron chi connectivity index (χ1n) is 6.55. The van der Waals surface area contributed by atoms with Gasteiger partial charge in [-0.1, -0.05) is 11.6 Å². The molecule has 2 N–H and O–H groups in total. The zero-order chi connectivity index (χ0) is 18.1. The summed E-state index contributed by atoms with van der Waals surface area (Å²) in [6, 6.07) is 6.60. The van der Waals surface area contributed by atoms with Crippen molar-refractivity contribution >= 4 is 49.0 Å². The predicted molar refractivity (Wildman–Crippen MR) is 94.6 cm³/mol. The van der Waals surface area contributed by atoms with Crippen LogP contribution in [0, 0.1) is 0 Å². The van der Waals surface area contributed by atoms with Gasteiger partial charge >= 0.3 is 0 Å². The van der Waals surface area contributed by atoms with Crippen molar-refractivity contribution in [3.05, 3.63) is 45.4 Å². The highest BCUT2D eigenvalue weighted by Gasteiger charge is 2.24. The lowest BCUT2D eigenvalue weighted by atomic mass is 10.1. The normalized spacial score (nSPS) is 11.2. The zero-order valence-corrected chi connectivity index (χ0v) is 15.8. The lowest BCUT2D eigenvalue weighted by Crippen LogP contribution is -2.15. The summed E-state index contributed by atoms with van der Waals surface area (Å²) in [6.07, 6.45) is 0. The van der Waals surface area contributed by atoms with Crippen molar-refractivity contribution in [1.82, 2.24) is 0 Å². The average molecular weight is 435 g/mol. The van der Waals surface area contributed by atoms with E-state index >= 15 is 0 Å². The number of anilines is 1. The molecule has 0 aliphatic carbocycles. The number of nitrogens with one attached hydrogen (secondary N) is 1. The minimum Gasteiger partial charge on any atom is -0.506 e. The maximum Gasteiger partial charge on any atom is 0.265 e. The average Bonchev–Trinajstić information content (AvgIpc) is 2.48. The van der Waals surface area contributed by atoms with E-state index in [9.17, 15) is 18.3 Å². The molecule has 0 aliphatic rings. The molecule has 0 atom stereocenters. The Hall–Kier alpha value is -1.77. The van der Waals surface area contributed by atoms with E-state index in [0.29, 0.717) is 4.47 Å². The molecule has 0 radical (unpaired) electrons. The lowest BCUT2D eigenvalue weighted by molar-refractivity contribution is 0.101. The Labute approximate surface area is 152 Å². The third-order valence-electron chi connectivity index (χ3n) is 3.12. The second kappa shape index (κ2) is 7.00. The Morgan fingerprint density at radius 3 is 2.54 bits per heavy atom. The molecule has 0 heterocycles. The van der Waals surface area contributed by atoms with Crippen LogP contribution < -0.4 is 9.46 Å². The maximum atomic E-state index is 12.7. The Kier molecular flexibility index (Phi) is 5.42. The molecule has 0 amide bonds. The Morgan fingerprint density at radius 2 is 1.96 bits per heavy atom. The third-order valence-corrected chi connectivity index (χ3v) is 5.29. The van der Waals surface area contributed by atoms with Crippen molar-refractivity contribution in [2.24, 2.45) is 0 Å². The molecular formula is C15H13BrClNO5S. The summed E-state index contributed by atoms with van der Waals surface area (Å²) < 4.78 is 33.0. The molecule has 128 valence electrons. The fourth-order valence-corrected chi connectivity index (χ4v) is 4.42. The van der Waals surface area contributed by atoms with Gasteiger partial charge in [0.1, 0.15) is 10.6 Å². The Bertz CT molecular complexity index is 914. The number of aromatic hydroxyl groups is 1. The summed E-state index contributed by atoms with van der Waals surface area (Å²) in [7, 11) is -2.81. The number of Topliss-reactive ketones (excluding diaryl/α,β-unsaturated/α-hetero) is 1. The van der Waals surface area contributed by atoms with Crippen molar-refractivity contribution in [2.45, 2.75) is 11.8 Å². The summed E-state index contributed by atoms with van der Waals surface area (Å²) in [5.74, 6) is -0.517. The molecule has 2 aromatic rings. The molecule has 0 bridgehead atoms. The summed E-state index contributed by atoms with van der Waals surface area (Å²) in [4.78, 5) is 11.2. The fraction of sp³-hybridized carbons (Fsp3) is 0.133. The Balaban J connectivity index is 2.54. The van der Waals surface area contributed by atoms with Crippen molar-refractivity contribution in [1.29, 1.82) is 0 Å². The topological polar surface area (TPSA) is 92.7 Å². The van der Waals surface area contributed by atoms with Crippen LogP contribution in [0.2, 0.25) is 5.02 Å². The fourth-order valence-electron chi connectivity index (χ4n) is 1.97. The molecule has 24 heavy (non-hydrogen) atoms. The van der Waals surface area contributed by atoms with Crippen molar-refractivity contribution in [3.63, 3.8) is 0 Å². The number of benzene rings is 2. The standard InChI is InChI=1S/C15H13BrClNO5S/c1-8(19)9-3-4-13(20)12(5-9)18-24(21,22)14-7-10(17)6-11(16)15(14)23-2/h3-7,18,20H,1-2H3. The van der Waals surface area contributed by atoms with Crippen molar-refractivity contribution in [2.75, 3.05) is 11.8 Å². The van der Waals surface area contributed by atoms with Crippen LogP contribution in [0.4, 0.5) is 5.69 Å². The molecule has 2 aromatic carbocycles. The predicted octanol–water partition coefficient (Wildman–Crippen LogP) is 3.82. The second-order valence-electron chi connectivity index (χ2n) is 4.81. The second-order valence-corrected chi connectivity index (χ2v) is 7.75. The van der Waals surface area contributed by atoms with Gasteiger partial charge in [-0.3, -0.25) is 9.52 Å². The molecule has 9 heteroatoms. The molecule has 0 aromatic heterocycles. The molecule has 0 saturated heterocycles. The van der Waals surface area contributed by atoms with Crippen molar-refractivity contribution in [3.8, 4) is 11.5 Å². The van der Waals surface area contributed by atoms with Gasteiger partial charge in [0.05, 0.1) is 17.3 Å². The van der Waals surface area contributed by atoms with Crippen LogP contribution in [-0.4, -0.2) is 26.4 Å². The van der Waals surface area contributed by atoms with Gasteiger partial charge in [-0.2, -0.15) is 0 Å². The smallest absolute Gasteiger partial charge is 0.265 e. The highest BCUT2D eigenvalue weighted by Crippen LogP contribution is 2.37. The minimum absolute atomic E-state index is 0.0640. The van der Waals surface area contributed by atoms with Gasteiger partial charge in [0.2, 0.25) is 0 Å². The zero-order valence-electron chi connectivity index (χ0n) is 12.6. The number of hydrogen-bond acceptors (Lipinski definition) is 5. The monoisotopic (exact) mass is 433 g/mol. The van der Waals surface area contributed by atoms with Gasteiger partial charge in [-0.15, -0.1) is 0 Å². The van der Waals surface area contributed by atoms with Crippen LogP contribution in [0.5, 0.6) is 11.5 Å². The van der Waals surface area contributed by atoms with E-state index in [4.69, 9.17) is 16.3 Å². The van der Waals surface area contributed by atoms with Crippen LogP contribution in [0.25, 0.3) is 0 Å². The molecule has 0 unspecified atom stereocenters. The highest BCUT2D eigenvalue weighted by molar-refractivity contribution is 9.10. The first-order valence-corrected chi connectivity index (χ1v) is 9.21. The molecule has 0 spiro atoms. The number of hydrogen-bond donors (Lipinski definition) is 2. The van der Waals surface area contributed by atoms with Gasteiger partial charge in [-0.05, 0) is 53.2 Å². The molecule has 0 aliphatic heterocycles. The van der Waals surface area contributed by atoms with E-state index < -0.39 is 10.0 Å². The van der Waals surface area contributed by atoms with Crippen LogP contribution in [0.3, 0.4) is 0 Å². The van der Waals surface area contributed by atoms with Crippen LogP contribution in [0.15, 0.2) is 39.7 Å². The molecule has 2 rings (SSSR count). The van der Waals surface area contributed by atoms with Gasteiger partial charge < -0.3 is 9.84 Å². The number of halogens is 2. The number of ketones is 1. The number of phenolic OH excluding ortho intramolecular Hbond substituents is 1. The summed E-state index contributed by atoms with van der Waals surface area (Å²) in [5, 5.41) is 10.0. The number of rotatable bonds is 5. The maximum absolute atomic E-state index is 12.7. The van der Waals surface area contributed by atoms with Gasteiger partial charge in [0.15, 0.2) is 11.5 Å². The van der Waals surface area contributed by atoms with Crippen LogP contribution in [0.1, 0.15) is 17.3 Å². The summed E-state index contributed by atoms with van der Waals surface area (Å²) >= 11 is 9.10. The van der Waals surface area contributed by atoms with E-state index in [1.807, 2.05) is 0 Å². The molecule has 6 nitrogen and oxygen atoms in total. The van der Waals surface area contributed by atoms with Gasteiger partial charge in [-0.25, -0.2) is 8.42 Å². The Morgan fingerprint density at radius 1 is 1.29 bits per heavy atom. The van der Waals surface area contributed by atoms with Gasteiger partial charge in [0.25, 0.3) is 10.0 Å².